The van der Waals surface area contributed by atoms with E-state index in [-0.39, 0.29) is 0 Å². The third kappa shape index (κ3) is 2.09. The molecule has 0 amide bonds. The maximum atomic E-state index is 6.23. The summed E-state index contributed by atoms with van der Waals surface area (Å²) in [6, 6.07) is 6.58. The van der Waals surface area contributed by atoms with Crippen molar-refractivity contribution in [1.29, 1.82) is 0 Å². The number of halogens is 2. The van der Waals surface area contributed by atoms with Gasteiger partial charge in [0, 0.05) is 19.0 Å². The molecule has 1 aliphatic carbocycles. The van der Waals surface area contributed by atoms with Crippen LogP contribution in [-0.4, -0.2) is 13.1 Å². The van der Waals surface area contributed by atoms with Gasteiger partial charge in [0.1, 0.15) is 0 Å². The average Bonchev–Trinajstić information content (AvgIpc) is 2.14. The summed E-state index contributed by atoms with van der Waals surface area (Å²) in [6.07, 6.45) is 3.86. The number of benzene rings is 1. The van der Waals surface area contributed by atoms with Gasteiger partial charge >= 0.3 is 0 Å². The second-order valence-corrected chi connectivity index (χ2v) is 4.75. The second kappa shape index (κ2) is 4.63. The molecule has 1 saturated carbocycles. The highest BCUT2D eigenvalue weighted by Gasteiger charge is 2.24. The highest BCUT2D eigenvalue weighted by atomic mass is 35.5. The standard InChI is InChI=1S/C12H15Cl2N/c1-15(10-5-3-6-10)12-9(8-13)4-2-7-11(12)14/h2,4,7,10H,3,5-6,8H2,1H3. The van der Waals surface area contributed by atoms with Crippen LogP contribution in [0.1, 0.15) is 24.8 Å². The molecule has 15 heavy (non-hydrogen) atoms. The van der Waals surface area contributed by atoms with Gasteiger partial charge in [0.2, 0.25) is 0 Å². The minimum Gasteiger partial charge on any atom is -0.370 e. The quantitative estimate of drug-likeness (QED) is 0.724. The van der Waals surface area contributed by atoms with Crippen molar-refractivity contribution in [2.45, 2.75) is 31.2 Å². The number of nitrogens with zero attached hydrogens (tertiary/aromatic N) is 1. The van der Waals surface area contributed by atoms with Crippen molar-refractivity contribution >= 4 is 28.9 Å². The molecule has 0 aliphatic heterocycles. The van der Waals surface area contributed by atoms with E-state index in [1.54, 1.807) is 0 Å². The first-order valence-corrected chi connectivity index (χ1v) is 6.21. The molecule has 0 atom stereocenters. The lowest BCUT2D eigenvalue weighted by Gasteiger charge is -2.37. The van der Waals surface area contributed by atoms with Gasteiger partial charge in [-0.15, -0.1) is 11.6 Å². The molecule has 0 bridgehead atoms. The summed E-state index contributed by atoms with van der Waals surface area (Å²) in [5.74, 6) is 0.521. The molecule has 0 N–H and O–H groups in total. The number of alkyl halides is 1. The Morgan fingerprint density at radius 1 is 1.40 bits per heavy atom. The zero-order chi connectivity index (χ0) is 10.8. The highest BCUT2D eigenvalue weighted by molar-refractivity contribution is 6.33. The lowest BCUT2D eigenvalue weighted by molar-refractivity contribution is 0.401. The van der Waals surface area contributed by atoms with Crippen LogP contribution < -0.4 is 4.90 Å². The molecule has 2 rings (SSSR count). The number of hydrogen-bond acceptors (Lipinski definition) is 1. The van der Waals surface area contributed by atoms with Crippen LogP contribution >= 0.6 is 23.2 Å². The molecular formula is C12H15Cl2N. The van der Waals surface area contributed by atoms with E-state index in [2.05, 4.69) is 11.9 Å². The topological polar surface area (TPSA) is 3.24 Å². The minimum absolute atomic E-state index is 0.521. The van der Waals surface area contributed by atoms with E-state index >= 15 is 0 Å². The monoisotopic (exact) mass is 243 g/mol. The fourth-order valence-electron chi connectivity index (χ4n) is 2.02. The number of rotatable bonds is 3. The van der Waals surface area contributed by atoms with Crippen LogP contribution in [0.3, 0.4) is 0 Å². The van der Waals surface area contributed by atoms with Crippen molar-refractivity contribution < 1.29 is 0 Å². The second-order valence-electron chi connectivity index (χ2n) is 4.08. The minimum atomic E-state index is 0.521. The molecular weight excluding hydrogens is 229 g/mol. The lowest BCUT2D eigenvalue weighted by atomic mass is 9.91. The molecule has 1 aromatic carbocycles. The Morgan fingerprint density at radius 2 is 2.13 bits per heavy atom. The molecule has 1 nitrogen and oxygen atoms in total. The fourth-order valence-corrected chi connectivity index (χ4v) is 2.56. The average molecular weight is 244 g/mol. The summed E-state index contributed by atoms with van der Waals surface area (Å²) in [4.78, 5) is 2.28. The number of anilines is 1. The SMILES string of the molecule is CN(c1c(Cl)cccc1CCl)C1CCC1. The van der Waals surface area contributed by atoms with E-state index < -0.39 is 0 Å². The van der Waals surface area contributed by atoms with Crippen molar-refractivity contribution in [1.82, 2.24) is 0 Å². The summed E-state index contributed by atoms with van der Waals surface area (Å²) in [6.45, 7) is 0. The van der Waals surface area contributed by atoms with Gasteiger partial charge in [-0.1, -0.05) is 23.7 Å². The van der Waals surface area contributed by atoms with Crippen LogP contribution in [0.15, 0.2) is 18.2 Å². The normalized spacial score (nSPS) is 16.2. The van der Waals surface area contributed by atoms with Crippen molar-refractivity contribution in [3.63, 3.8) is 0 Å². The zero-order valence-corrected chi connectivity index (χ0v) is 10.4. The maximum absolute atomic E-state index is 6.23. The maximum Gasteiger partial charge on any atom is 0.0642 e. The van der Waals surface area contributed by atoms with Gasteiger partial charge in [0.05, 0.1) is 10.7 Å². The Kier molecular flexibility index (Phi) is 3.42. The molecule has 1 fully saturated rings. The first-order chi connectivity index (χ1) is 7.24. The van der Waals surface area contributed by atoms with Gasteiger partial charge < -0.3 is 4.90 Å². The van der Waals surface area contributed by atoms with Crippen LogP contribution in [-0.2, 0) is 5.88 Å². The van der Waals surface area contributed by atoms with E-state index in [4.69, 9.17) is 23.2 Å². The van der Waals surface area contributed by atoms with Crippen molar-refractivity contribution in [2.75, 3.05) is 11.9 Å². The first kappa shape index (κ1) is 11.1. The molecule has 1 aliphatic rings. The van der Waals surface area contributed by atoms with Crippen LogP contribution in [0.25, 0.3) is 0 Å². The summed E-state index contributed by atoms with van der Waals surface area (Å²) in [5, 5.41) is 0.808. The van der Waals surface area contributed by atoms with Crippen LogP contribution in [0.5, 0.6) is 0 Å². The van der Waals surface area contributed by atoms with E-state index in [0.717, 1.165) is 16.3 Å². The third-order valence-corrected chi connectivity index (χ3v) is 3.78. The fraction of sp³-hybridized carbons (Fsp3) is 0.500. The summed E-state index contributed by atoms with van der Waals surface area (Å²) in [7, 11) is 2.11. The first-order valence-electron chi connectivity index (χ1n) is 5.30. The molecule has 0 aromatic heterocycles. The molecule has 0 heterocycles. The van der Waals surface area contributed by atoms with Gasteiger partial charge in [-0.2, -0.15) is 0 Å². The predicted octanol–water partition coefficient (Wildman–Crippen LogP) is 4.07. The van der Waals surface area contributed by atoms with Crippen LogP contribution in [0.2, 0.25) is 5.02 Å². The van der Waals surface area contributed by atoms with Crippen LogP contribution in [0, 0.1) is 0 Å². The molecule has 0 spiro atoms. The Labute approximate surface area is 101 Å². The third-order valence-electron chi connectivity index (χ3n) is 3.19. The highest BCUT2D eigenvalue weighted by Crippen LogP contribution is 2.35. The van der Waals surface area contributed by atoms with E-state index in [1.807, 2.05) is 18.2 Å². The number of hydrogen-bond donors (Lipinski definition) is 0. The Bertz CT molecular complexity index is 347. The zero-order valence-electron chi connectivity index (χ0n) is 8.84. The predicted molar refractivity (Wildman–Crippen MR) is 67.1 cm³/mol. The van der Waals surface area contributed by atoms with Gasteiger partial charge in [0.15, 0.2) is 0 Å². The Hall–Kier alpha value is -0.400. The van der Waals surface area contributed by atoms with Gasteiger partial charge in [-0.05, 0) is 30.9 Å². The molecule has 0 radical (unpaired) electrons. The van der Waals surface area contributed by atoms with Crippen LogP contribution in [0.4, 0.5) is 5.69 Å². The molecule has 0 unspecified atom stereocenters. The van der Waals surface area contributed by atoms with Crippen molar-refractivity contribution in [3.05, 3.63) is 28.8 Å². The molecule has 1 aromatic rings. The summed E-state index contributed by atoms with van der Waals surface area (Å²) >= 11 is 12.2. The van der Waals surface area contributed by atoms with E-state index in [0.29, 0.717) is 11.9 Å². The Balaban J connectivity index is 2.31. The summed E-state index contributed by atoms with van der Waals surface area (Å²) in [5.41, 5.74) is 2.23. The smallest absolute Gasteiger partial charge is 0.0642 e. The van der Waals surface area contributed by atoms with E-state index in [1.165, 1.54) is 19.3 Å². The molecule has 0 saturated heterocycles. The van der Waals surface area contributed by atoms with Crippen molar-refractivity contribution in [3.8, 4) is 0 Å². The summed E-state index contributed by atoms with van der Waals surface area (Å²) < 4.78 is 0. The molecule has 82 valence electrons. The van der Waals surface area contributed by atoms with Gasteiger partial charge in [0.25, 0.3) is 0 Å². The van der Waals surface area contributed by atoms with E-state index in [9.17, 15) is 0 Å². The Morgan fingerprint density at radius 3 is 2.67 bits per heavy atom. The largest absolute Gasteiger partial charge is 0.370 e. The lowest BCUT2D eigenvalue weighted by Crippen LogP contribution is -2.37. The van der Waals surface area contributed by atoms with Gasteiger partial charge in [-0.25, -0.2) is 0 Å². The number of para-hydroxylation sites is 1. The molecule has 3 heteroatoms. The van der Waals surface area contributed by atoms with Crippen molar-refractivity contribution in [2.24, 2.45) is 0 Å². The van der Waals surface area contributed by atoms with Gasteiger partial charge in [-0.3, -0.25) is 0 Å².